The van der Waals surface area contributed by atoms with Crippen LogP contribution in [0.25, 0.3) is 10.9 Å². The number of nitrogens with one attached hydrogen (secondary N) is 1. The third-order valence-corrected chi connectivity index (χ3v) is 5.76. The van der Waals surface area contributed by atoms with Gasteiger partial charge < -0.3 is 14.5 Å². The number of aromatic nitrogens is 5. The largest absolute Gasteiger partial charge is 0.497 e. The van der Waals surface area contributed by atoms with Crippen LogP contribution in [0.4, 0.5) is 0 Å². The van der Waals surface area contributed by atoms with Crippen LogP contribution in [0.1, 0.15) is 23.0 Å². The predicted molar refractivity (Wildman–Crippen MR) is 119 cm³/mol. The van der Waals surface area contributed by atoms with E-state index in [0.29, 0.717) is 44.2 Å². The molecule has 0 spiro atoms. The number of tetrazole rings is 1. The summed E-state index contributed by atoms with van der Waals surface area (Å²) in [6.45, 7) is 3.06. The number of ether oxygens (including phenoxy) is 2. The summed E-state index contributed by atoms with van der Waals surface area (Å²) in [7, 11) is 1.63. The van der Waals surface area contributed by atoms with E-state index >= 15 is 0 Å². The van der Waals surface area contributed by atoms with Gasteiger partial charge in [0.05, 0.1) is 26.9 Å². The molecule has 1 saturated heterocycles. The average molecular weight is 432 g/mol. The van der Waals surface area contributed by atoms with Crippen molar-refractivity contribution in [2.75, 3.05) is 33.4 Å². The van der Waals surface area contributed by atoms with Gasteiger partial charge >= 0.3 is 0 Å². The van der Waals surface area contributed by atoms with Crippen molar-refractivity contribution in [2.24, 2.45) is 0 Å². The van der Waals surface area contributed by atoms with Gasteiger partial charge in [-0.2, -0.15) is 0 Å². The monoisotopic (exact) mass is 432 g/mol. The minimum Gasteiger partial charge on any atom is -0.497 e. The molecule has 2 aromatic carbocycles. The number of nitrogens with zero attached hydrogens (tertiary/aromatic N) is 5. The van der Waals surface area contributed by atoms with E-state index in [4.69, 9.17) is 9.47 Å². The highest BCUT2D eigenvalue weighted by Gasteiger charge is 2.31. The van der Waals surface area contributed by atoms with Crippen LogP contribution in [0, 0.1) is 0 Å². The fourth-order valence-electron chi connectivity index (χ4n) is 4.14. The van der Waals surface area contributed by atoms with Gasteiger partial charge in [-0.1, -0.05) is 30.3 Å². The Morgan fingerprint density at radius 1 is 1.12 bits per heavy atom. The predicted octanol–water partition coefficient (Wildman–Crippen LogP) is 1.99. The Morgan fingerprint density at radius 3 is 2.72 bits per heavy atom. The molecule has 164 valence electrons. The molecule has 1 aliphatic rings. The van der Waals surface area contributed by atoms with E-state index in [9.17, 15) is 4.79 Å². The molecule has 4 aromatic rings. The summed E-state index contributed by atoms with van der Waals surface area (Å²) in [6.07, 6.45) is 0. The Bertz CT molecular complexity index is 1260. The van der Waals surface area contributed by atoms with Gasteiger partial charge in [-0.3, -0.25) is 9.69 Å². The van der Waals surface area contributed by atoms with Crippen LogP contribution in [-0.2, 0) is 11.3 Å². The summed E-state index contributed by atoms with van der Waals surface area (Å²) < 4.78 is 12.7. The molecule has 9 nitrogen and oxygen atoms in total. The quantitative estimate of drug-likeness (QED) is 0.498. The first kappa shape index (κ1) is 20.3. The van der Waals surface area contributed by atoms with Crippen molar-refractivity contribution in [1.82, 2.24) is 30.1 Å². The van der Waals surface area contributed by atoms with E-state index in [1.165, 1.54) is 0 Å². The molecule has 0 amide bonds. The zero-order valence-electron chi connectivity index (χ0n) is 17.8. The minimum atomic E-state index is -0.406. The first-order chi connectivity index (χ1) is 15.7. The van der Waals surface area contributed by atoms with Crippen molar-refractivity contribution >= 4 is 10.9 Å². The first-order valence-electron chi connectivity index (χ1n) is 10.6. The standard InChI is InChI=1S/C23H24N6O3/c1-31-18-7-8-20-17(13-18)14-19(23(30)24-20)21(28-9-11-32-12-10-28)22-25-26-27-29(22)15-16-5-3-2-4-6-16/h2-8,13-14,21H,9-12,15H2,1H3,(H,24,30)/t21-/m1/s1. The van der Waals surface area contributed by atoms with Gasteiger partial charge in [-0.15, -0.1) is 5.10 Å². The number of aromatic amines is 1. The van der Waals surface area contributed by atoms with E-state index < -0.39 is 6.04 Å². The van der Waals surface area contributed by atoms with Crippen molar-refractivity contribution in [3.8, 4) is 5.75 Å². The number of benzene rings is 2. The Morgan fingerprint density at radius 2 is 1.94 bits per heavy atom. The third-order valence-electron chi connectivity index (χ3n) is 5.76. The molecule has 1 aliphatic heterocycles. The van der Waals surface area contributed by atoms with Gasteiger partial charge in [0.1, 0.15) is 11.8 Å². The molecule has 0 unspecified atom stereocenters. The number of fused-ring (bicyclic) bond motifs is 1. The summed E-state index contributed by atoms with van der Waals surface area (Å²) >= 11 is 0. The molecule has 5 rings (SSSR count). The van der Waals surface area contributed by atoms with E-state index in [-0.39, 0.29) is 5.56 Å². The fourth-order valence-corrected chi connectivity index (χ4v) is 4.14. The van der Waals surface area contributed by atoms with Crippen LogP contribution in [0.5, 0.6) is 5.75 Å². The molecule has 1 fully saturated rings. The topological polar surface area (TPSA) is 98.2 Å². The fraction of sp³-hybridized carbons (Fsp3) is 0.304. The summed E-state index contributed by atoms with van der Waals surface area (Å²) in [6, 6.07) is 17.1. The number of H-pyrrole nitrogens is 1. The molecular formula is C23H24N6O3. The van der Waals surface area contributed by atoms with E-state index in [0.717, 1.165) is 22.2 Å². The van der Waals surface area contributed by atoms with Crippen molar-refractivity contribution in [3.05, 3.63) is 81.9 Å². The summed E-state index contributed by atoms with van der Waals surface area (Å²) in [5.41, 5.74) is 2.27. The molecule has 32 heavy (non-hydrogen) atoms. The maximum absolute atomic E-state index is 13.2. The Hall–Kier alpha value is -3.56. The number of methoxy groups -OCH3 is 1. The van der Waals surface area contributed by atoms with Crippen LogP contribution in [0.2, 0.25) is 0 Å². The van der Waals surface area contributed by atoms with Crippen molar-refractivity contribution in [3.63, 3.8) is 0 Å². The Labute approximate surface area is 184 Å². The second-order valence-electron chi connectivity index (χ2n) is 7.74. The SMILES string of the molecule is COc1ccc2[nH]c(=O)c([C@H](c3nnnn3Cc3ccccc3)N3CCOCC3)cc2c1. The molecule has 1 atom stereocenters. The van der Waals surface area contributed by atoms with Crippen molar-refractivity contribution in [2.45, 2.75) is 12.6 Å². The van der Waals surface area contributed by atoms with Crippen LogP contribution in [0.15, 0.2) is 59.4 Å². The van der Waals surface area contributed by atoms with Crippen LogP contribution < -0.4 is 10.3 Å². The summed E-state index contributed by atoms with van der Waals surface area (Å²) in [4.78, 5) is 18.4. The maximum Gasteiger partial charge on any atom is 0.253 e. The highest BCUT2D eigenvalue weighted by atomic mass is 16.5. The molecule has 0 bridgehead atoms. The van der Waals surface area contributed by atoms with Gasteiger partial charge in [0.2, 0.25) is 0 Å². The molecular weight excluding hydrogens is 408 g/mol. The van der Waals surface area contributed by atoms with Gasteiger partial charge in [0.15, 0.2) is 5.82 Å². The molecule has 0 radical (unpaired) electrons. The Balaban J connectivity index is 1.62. The zero-order chi connectivity index (χ0) is 21.9. The first-order valence-corrected chi connectivity index (χ1v) is 10.6. The van der Waals surface area contributed by atoms with Crippen LogP contribution in [-0.4, -0.2) is 63.5 Å². The highest BCUT2D eigenvalue weighted by Crippen LogP contribution is 2.28. The molecule has 1 N–H and O–H groups in total. The molecule has 9 heteroatoms. The summed E-state index contributed by atoms with van der Waals surface area (Å²) in [5, 5.41) is 13.4. The number of rotatable bonds is 6. The van der Waals surface area contributed by atoms with E-state index in [2.05, 4.69) is 25.4 Å². The second kappa shape index (κ2) is 8.89. The van der Waals surface area contributed by atoms with Crippen LogP contribution >= 0.6 is 0 Å². The van der Waals surface area contributed by atoms with Crippen molar-refractivity contribution in [1.29, 1.82) is 0 Å². The second-order valence-corrected chi connectivity index (χ2v) is 7.74. The van der Waals surface area contributed by atoms with Crippen molar-refractivity contribution < 1.29 is 9.47 Å². The molecule has 3 heterocycles. The highest BCUT2D eigenvalue weighted by molar-refractivity contribution is 5.80. The number of hydrogen-bond acceptors (Lipinski definition) is 7. The lowest BCUT2D eigenvalue weighted by Gasteiger charge is -2.33. The lowest BCUT2D eigenvalue weighted by molar-refractivity contribution is 0.0214. The van der Waals surface area contributed by atoms with E-state index in [1.54, 1.807) is 11.8 Å². The van der Waals surface area contributed by atoms with Crippen LogP contribution in [0.3, 0.4) is 0 Å². The van der Waals surface area contributed by atoms with Gasteiger partial charge in [-0.25, -0.2) is 4.68 Å². The lowest BCUT2D eigenvalue weighted by Crippen LogP contribution is -2.42. The van der Waals surface area contributed by atoms with Gasteiger partial charge in [0.25, 0.3) is 5.56 Å². The smallest absolute Gasteiger partial charge is 0.253 e. The zero-order valence-corrected chi connectivity index (χ0v) is 17.8. The lowest BCUT2D eigenvalue weighted by atomic mass is 10.0. The number of morpholine rings is 1. The van der Waals surface area contributed by atoms with Gasteiger partial charge in [0, 0.05) is 29.6 Å². The normalized spacial score (nSPS) is 15.7. The molecule has 0 aliphatic carbocycles. The summed E-state index contributed by atoms with van der Waals surface area (Å²) in [5.74, 6) is 1.36. The number of hydrogen-bond donors (Lipinski definition) is 1. The van der Waals surface area contributed by atoms with E-state index in [1.807, 2.05) is 54.6 Å². The average Bonchev–Trinajstić information content (AvgIpc) is 3.28. The van der Waals surface area contributed by atoms with Gasteiger partial charge in [-0.05, 0) is 40.3 Å². The number of pyridine rings is 1. The maximum atomic E-state index is 13.2. The minimum absolute atomic E-state index is 0.159. The molecule has 2 aromatic heterocycles. The third kappa shape index (κ3) is 4.00. The molecule has 0 saturated carbocycles. The Kier molecular flexibility index (Phi) is 5.66.